The molecular formula is C14H19ClN2O. The molecule has 0 amide bonds. The van der Waals surface area contributed by atoms with Crippen LogP contribution >= 0.6 is 11.6 Å². The first kappa shape index (κ1) is 13.4. The van der Waals surface area contributed by atoms with E-state index in [1.54, 1.807) is 18.2 Å². The van der Waals surface area contributed by atoms with Gasteiger partial charge in [0.1, 0.15) is 0 Å². The van der Waals surface area contributed by atoms with Crippen LogP contribution in [0.1, 0.15) is 30.1 Å². The number of nitrogen functional groups attached to an aromatic ring is 1. The summed E-state index contributed by atoms with van der Waals surface area (Å²) in [6.07, 6.45) is 2.35. The summed E-state index contributed by atoms with van der Waals surface area (Å²) < 4.78 is 0. The number of Topliss-reactive ketones (excluding diaryl/α,β-unsaturated/α-hetero) is 1. The summed E-state index contributed by atoms with van der Waals surface area (Å²) in [5.74, 6) is 0.899. The van der Waals surface area contributed by atoms with Gasteiger partial charge in [0.05, 0.1) is 17.3 Å². The summed E-state index contributed by atoms with van der Waals surface area (Å²) in [5.41, 5.74) is 6.83. The van der Waals surface area contributed by atoms with E-state index in [0.717, 1.165) is 19.0 Å². The van der Waals surface area contributed by atoms with Gasteiger partial charge in [0, 0.05) is 5.56 Å². The lowest BCUT2D eigenvalue weighted by Gasteiger charge is -2.29. The fourth-order valence-electron chi connectivity index (χ4n) is 2.23. The Balaban J connectivity index is 1.97. The fourth-order valence-corrected chi connectivity index (χ4v) is 2.35. The Hall–Kier alpha value is -1.06. The van der Waals surface area contributed by atoms with Crippen molar-refractivity contribution in [3.05, 3.63) is 28.8 Å². The molecule has 2 rings (SSSR count). The number of likely N-dealkylation sites (tertiary alicyclic amines) is 1. The van der Waals surface area contributed by atoms with Crippen LogP contribution in [-0.4, -0.2) is 30.3 Å². The number of nitrogens with two attached hydrogens (primary N) is 1. The van der Waals surface area contributed by atoms with Gasteiger partial charge in [-0.3, -0.25) is 9.69 Å². The number of anilines is 1. The molecule has 18 heavy (non-hydrogen) atoms. The topological polar surface area (TPSA) is 46.3 Å². The van der Waals surface area contributed by atoms with Gasteiger partial charge in [-0.2, -0.15) is 0 Å². The quantitative estimate of drug-likeness (QED) is 0.676. The molecule has 1 saturated heterocycles. The number of ketones is 1. The number of benzene rings is 1. The monoisotopic (exact) mass is 266 g/mol. The van der Waals surface area contributed by atoms with E-state index in [4.69, 9.17) is 17.3 Å². The second-order valence-electron chi connectivity index (χ2n) is 5.12. The van der Waals surface area contributed by atoms with Gasteiger partial charge in [0.2, 0.25) is 0 Å². The molecule has 0 unspecified atom stereocenters. The van der Waals surface area contributed by atoms with Crippen molar-refractivity contribution in [3.8, 4) is 0 Å². The smallest absolute Gasteiger partial charge is 0.176 e. The van der Waals surface area contributed by atoms with Crippen molar-refractivity contribution in [3.63, 3.8) is 0 Å². The number of rotatable bonds is 3. The zero-order valence-electron chi connectivity index (χ0n) is 10.7. The number of hydrogen-bond donors (Lipinski definition) is 1. The van der Waals surface area contributed by atoms with E-state index in [2.05, 4.69) is 11.8 Å². The maximum Gasteiger partial charge on any atom is 0.176 e. The van der Waals surface area contributed by atoms with Crippen LogP contribution in [-0.2, 0) is 0 Å². The van der Waals surface area contributed by atoms with E-state index in [-0.39, 0.29) is 5.78 Å². The van der Waals surface area contributed by atoms with Crippen molar-refractivity contribution in [2.24, 2.45) is 5.92 Å². The molecule has 0 saturated carbocycles. The number of hydrogen-bond acceptors (Lipinski definition) is 3. The molecule has 3 nitrogen and oxygen atoms in total. The lowest BCUT2D eigenvalue weighted by molar-refractivity contribution is 0.0900. The highest BCUT2D eigenvalue weighted by molar-refractivity contribution is 6.33. The molecule has 1 aromatic carbocycles. The molecule has 1 aliphatic heterocycles. The zero-order chi connectivity index (χ0) is 13.1. The Labute approximate surface area is 113 Å². The highest BCUT2D eigenvalue weighted by atomic mass is 35.5. The van der Waals surface area contributed by atoms with Crippen molar-refractivity contribution in [2.75, 3.05) is 25.4 Å². The molecule has 4 heteroatoms. The first-order valence-electron chi connectivity index (χ1n) is 6.37. The van der Waals surface area contributed by atoms with Crippen molar-refractivity contribution >= 4 is 23.1 Å². The first-order chi connectivity index (χ1) is 8.56. The van der Waals surface area contributed by atoms with E-state index >= 15 is 0 Å². The van der Waals surface area contributed by atoms with E-state index < -0.39 is 0 Å². The van der Waals surface area contributed by atoms with Gasteiger partial charge in [-0.15, -0.1) is 0 Å². The lowest BCUT2D eigenvalue weighted by atomic mass is 9.98. The summed E-state index contributed by atoms with van der Waals surface area (Å²) in [6.45, 7) is 4.76. The highest BCUT2D eigenvalue weighted by Crippen LogP contribution is 2.21. The van der Waals surface area contributed by atoms with Crippen molar-refractivity contribution in [1.29, 1.82) is 0 Å². The summed E-state index contributed by atoms with van der Waals surface area (Å²) >= 11 is 5.85. The average Bonchev–Trinajstić information content (AvgIpc) is 2.35. The molecule has 1 fully saturated rings. The first-order valence-corrected chi connectivity index (χ1v) is 6.74. The lowest BCUT2D eigenvalue weighted by Crippen LogP contribution is -2.36. The summed E-state index contributed by atoms with van der Waals surface area (Å²) in [5, 5.41) is 0.498. The Kier molecular flexibility index (Phi) is 4.25. The molecule has 0 aromatic heterocycles. The van der Waals surface area contributed by atoms with Gasteiger partial charge in [0.15, 0.2) is 5.78 Å². The Morgan fingerprint density at radius 3 is 2.72 bits per heavy atom. The Morgan fingerprint density at radius 2 is 2.11 bits per heavy atom. The van der Waals surface area contributed by atoms with Crippen LogP contribution < -0.4 is 5.73 Å². The standard InChI is InChI=1S/C14H19ClN2O/c1-10-4-6-17(7-5-10)9-14(18)11-2-3-12(15)13(16)8-11/h2-3,8,10H,4-7,9,16H2,1H3. The maximum atomic E-state index is 12.1. The van der Waals surface area contributed by atoms with Gasteiger partial charge in [-0.1, -0.05) is 18.5 Å². The number of halogens is 1. The molecule has 1 heterocycles. The average molecular weight is 267 g/mol. The van der Waals surface area contributed by atoms with Gasteiger partial charge < -0.3 is 5.73 Å². The molecule has 1 aliphatic rings. The maximum absolute atomic E-state index is 12.1. The third kappa shape index (κ3) is 3.24. The molecule has 0 aliphatic carbocycles. The van der Waals surface area contributed by atoms with Crippen molar-refractivity contribution < 1.29 is 4.79 Å². The third-order valence-electron chi connectivity index (χ3n) is 3.56. The van der Waals surface area contributed by atoms with Crippen molar-refractivity contribution in [1.82, 2.24) is 4.90 Å². The molecule has 98 valence electrons. The van der Waals surface area contributed by atoms with Crippen LogP contribution in [0.5, 0.6) is 0 Å². The fraction of sp³-hybridized carbons (Fsp3) is 0.500. The third-order valence-corrected chi connectivity index (χ3v) is 3.91. The van der Waals surface area contributed by atoms with Gasteiger partial charge in [-0.25, -0.2) is 0 Å². The van der Waals surface area contributed by atoms with Crippen molar-refractivity contribution in [2.45, 2.75) is 19.8 Å². The van der Waals surface area contributed by atoms with Gasteiger partial charge in [0.25, 0.3) is 0 Å². The number of piperidine rings is 1. The van der Waals surface area contributed by atoms with Crippen LogP contribution in [0.3, 0.4) is 0 Å². The highest BCUT2D eigenvalue weighted by Gasteiger charge is 2.18. The second-order valence-corrected chi connectivity index (χ2v) is 5.53. The molecule has 2 N–H and O–H groups in total. The van der Waals surface area contributed by atoms with E-state index in [0.29, 0.717) is 22.8 Å². The number of carbonyl (C=O) groups excluding carboxylic acids is 1. The second kappa shape index (κ2) is 5.72. The molecule has 1 aromatic rings. The number of carbonyl (C=O) groups is 1. The largest absolute Gasteiger partial charge is 0.398 e. The van der Waals surface area contributed by atoms with E-state index in [1.807, 2.05) is 0 Å². The normalized spacial score (nSPS) is 17.9. The van der Waals surface area contributed by atoms with Gasteiger partial charge >= 0.3 is 0 Å². The molecule has 0 spiro atoms. The minimum Gasteiger partial charge on any atom is -0.398 e. The molecule has 0 radical (unpaired) electrons. The minimum atomic E-state index is 0.118. The molecule has 0 atom stereocenters. The SMILES string of the molecule is CC1CCN(CC(=O)c2ccc(Cl)c(N)c2)CC1. The summed E-state index contributed by atoms with van der Waals surface area (Å²) in [4.78, 5) is 14.3. The molecule has 0 bridgehead atoms. The summed E-state index contributed by atoms with van der Waals surface area (Å²) in [7, 11) is 0. The van der Waals surface area contributed by atoms with Crippen LogP contribution in [0.4, 0.5) is 5.69 Å². The zero-order valence-corrected chi connectivity index (χ0v) is 11.4. The molecular weight excluding hydrogens is 248 g/mol. The van der Waals surface area contributed by atoms with Crippen LogP contribution in [0.15, 0.2) is 18.2 Å². The van der Waals surface area contributed by atoms with E-state index in [9.17, 15) is 4.79 Å². The Bertz CT molecular complexity index is 439. The minimum absolute atomic E-state index is 0.118. The predicted molar refractivity (Wildman–Crippen MR) is 75.0 cm³/mol. The van der Waals surface area contributed by atoms with Gasteiger partial charge in [-0.05, 0) is 50.0 Å². The summed E-state index contributed by atoms with van der Waals surface area (Å²) in [6, 6.07) is 5.09. The Morgan fingerprint density at radius 1 is 1.44 bits per heavy atom. The number of nitrogens with zero attached hydrogens (tertiary/aromatic N) is 1. The van der Waals surface area contributed by atoms with Crippen LogP contribution in [0, 0.1) is 5.92 Å². The van der Waals surface area contributed by atoms with Crippen LogP contribution in [0.2, 0.25) is 5.02 Å². The predicted octanol–water partition coefficient (Wildman–Crippen LogP) is 2.84. The van der Waals surface area contributed by atoms with Crippen LogP contribution in [0.25, 0.3) is 0 Å². The van der Waals surface area contributed by atoms with E-state index in [1.165, 1.54) is 12.8 Å².